The van der Waals surface area contributed by atoms with Crippen molar-refractivity contribution in [2.45, 2.75) is 25.7 Å². The maximum atomic E-state index is 12.5. The van der Waals surface area contributed by atoms with E-state index in [0.717, 1.165) is 11.1 Å². The largest absolute Gasteiger partial charge is 0.367 e. The van der Waals surface area contributed by atoms with Crippen LogP contribution in [0.1, 0.15) is 16.7 Å². The van der Waals surface area contributed by atoms with Crippen molar-refractivity contribution in [3.05, 3.63) is 65.4 Å². The number of nitrogens with one attached hydrogen (secondary N) is 3. The fourth-order valence-electron chi connectivity index (χ4n) is 2.62. The molecule has 0 spiro atoms. The van der Waals surface area contributed by atoms with Gasteiger partial charge in [-0.25, -0.2) is 18.1 Å². The predicted octanol–water partition coefficient (Wildman–Crippen LogP) is 2.93. The van der Waals surface area contributed by atoms with Gasteiger partial charge in [-0.2, -0.15) is 0 Å². The van der Waals surface area contributed by atoms with Crippen LogP contribution in [0.25, 0.3) is 0 Å². The van der Waals surface area contributed by atoms with Gasteiger partial charge in [-0.15, -0.1) is 10.2 Å². The zero-order valence-electron chi connectivity index (χ0n) is 16.6. The highest BCUT2D eigenvalue weighted by Gasteiger charge is 2.16. The molecule has 0 unspecified atom stereocenters. The summed E-state index contributed by atoms with van der Waals surface area (Å²) >= 11 is 0. The molecular weight excluding hydrogens is 388 g/mol. The molecule has 0 aliphatic heterocycles. The van der Waals surface area contributed by atoms with E-state index in [4.69, 9.17) is 0 Å². The third-order valence-corrected chi connectivity index (χ3v) is 5.79. The Morgan fingerprint density at radius 2 is 1.52 bits per heavy atom. The average molecular weight is 413 g/mol. The lowest BCUT2D eigenvalue weighted by Crippen LogP contribution is -2.29. The van der Waals surface area contributed by atoms with Gasteiger partial charge in [0, 0.05) is 19.3 Å². The third-order valence-electron chi connectivity index (χ3n) is 4.19. The van der Waals surface area contributed by atoms with E-state index in [1.54, 1.807) is 37.4 Å². The standard InChI is InChI=1S/C20H24N6O2S/c1-14-4-6-16(3)17(12-14)29(27,28)23-11-10-21-19-8-9-20(26-25-19)24-18-7-5-15(2)13-22-18/h4-9,12-13,23H,10-11H2,1-3H3,(H,21,25)(H,22,24,26). The smallest absolute Gasteiger partial charge is 0.240 e. The molecule has 0 aliphatic rings. The van der Waals surface area contributed by atoms with Crippen LogP contribution in [0.5, 0.6) is 0 Å². The van der Waals surface area contributed by atoms with Gasteiger partial charge in [-0.3, -0.25) is 0 Å². The first-order valence-corrected chi connectivity index (χ1v) is 10.7. The Morgan fingerprint density at radius 3 is 2.21 bits per heavy atom. The van der Waals surface area contributed by atoms with E-state index in [1.165, 1.54) is 0 Å². The van der Waals surface area contributed by atoms with Crippen LogP contribution in [0.3, 0.4) is 0 Å². The van der Waals surface area contributed by atoms with Crippen LogP contribution in [0, 0.1) is 20.8 Å². The Bertz CT molecular complexity index is 1070. The van der Waals surface area contributed by atoms with Gasteiger partial charge in [0.1, 0.15) is 11.6 Å². The molecule has 0 amide bonds. The van der Waals surface area contributed by atoms with Crippen LogP contribution in [0.15, 0.2) is 53.6 Å². The fraction of sp³-hybridized carbons (Fsp3) is 0.250. The number of anilines is 3. The highest BCUT2D eigenvalue weighted by Crippen LogP contribution is 2.16. The van der Waals surface area contributed by atoms with E-state index < -0.39 is 10.0 Å². The van der Waals surface area contributed by atoms with Crippen LogP contribution in [-0.4, -0.2) is 36.7 Å². The van der Waals surface area contributed by atoms with E-state index in [2.05, 4.69) is 30.5 Å². The molecule has 2 aromatic heterocycles. The van der Waals surface area contributed by atoms with Gasteiger partial charge < -0.3 is 10.6 Å². The minimum Gasteiger partial charge on any atom is -0.367 e. The molecule has 2 heterocycles. The normalized spacial score (nSPS) is 11.3. The summed E-state index contributed by atoms with van der Waals surface area (Å²) in [5, 5.41) is 14.3. The van der Waals surface area contributed by atoms with Crippen molar-refractivity contribution < 1.29 is 8.42 Å². The predicted molar refractivity (Wildman–Crippen MR) is 114 cm³/mol. The average Bonchev–Trinajstić information content (AvgIpc) is 2.70. The molecule has 8 nitrogen and oxygen atoms in total. The van der Waals surface area contributed by atoms with Crippen LogP contribution in [0.4, 0.5) is 17.5 Å². The summed E-state index contributed by atoms with van der Waals surface area (Å²) in [6.45, 7) is 6.23. The quantitative estimate of drug-likeness (QED) is 0.488. The van der Waals surface area contributed by atoms with Crippen molar-refractivity contribution in [1.82, 2.24) is 19.9 Å². The fourth-order valence-corrected chi connectivity index (χ4v) is 3.98. The number of sulfonamides is 1. The van der Waals surface area contributed by atoms with Gasteiger partial charge in [0.05, 0.1) is 4.90 Å². The zero-order chi connectivity index (χ0) is 20.9. The van der Waals surface area contributed by atoms with Crippen molar-refractivity contribution >= 4 is 27.5 Å². The first-order valence-electron chi connectivity index (χ1n) is 9.18. The van der Waals surface area contributed by atoms with E-state index in [9.17, 15) is 8.42 Å². The summed E-state index contributed by atoms with van der Waals surface area (Å²) in [4.78, 5) is 4.56. The molecule has 9 heteroatoms. The highest BCUT2D eigenvalue weighted by atomic mass is 32.2. The number of aryl methyl sites for hydroxylation is 3. The van der Waals surface area contributed by atoms with E-state index in [1.807, 2.05) is 32.0 Å². The number of hydrogen-bond acceptors (Lipinski definition) is 7. The van der Waals surface area contributed by atoms with Gasteiger partial charge in [-0.1, -0.05) is 18.2 Å². The highest BCUT2D eigenvalue weighted by molar-refractivity contribution is 7.89. The van der Waals surface area contributed by atoms with Gasteiger partial charge in [0.2, 0.25) is 10.0 Å². The number of pyridine rings is 1. The SMILES string of the molecule is Cc1ccc(Nc2ccc(NCCNS(=O)(=O)c3cc(C)ccc3C)nn2)nc1. The van der Waals surface area contributed by atoms with Crippen LogP contribution in [0.2, 0.25) is 0 Å². The van der Waals surface area contributed by atoms with Crippen LogP contribution >= 0.6 is 0 Å². The molecule has 0 saturated heterocycles. The molecule has 0 saturated carbocycles. The summed E-state index contributed by atoms with van der Waals surface area (Å²) in [6, 6.07) is 12.7. The van der Waals surface area contributed by atoms with E-state index in [-0.39, 0.29) is 6.54 Å². The first kappa shape index (κ1) is 20.7. The summed E-state index contributed by atoms with van der Waals surface area (Å²) in [5.41, 5.74) is 2.70. The van der Waals surface area contributed by atoms with E-state index >= 15 is 0 Å². The maximum absolute atomic E-state index is 12.5. The molecule has 1 aromatic carbocycles. The second-order valence-electron chi connectivity index (χ2n) is 6.74. The molecule has 3 N–H and O–H groups in total. The van der Waals surface area contributed by atoms with Crippen molar-refractivity contribution in [1.29, 1.82) is 0 Å². The number of hydrogen-bond donors (Lipinski definition) is 3. The summed E-state index contributed by atoms with van der Waals surface area (Å²) in [5.74, 6) is 1.81. The zero-order valence-corrected chi connectivity index (χ0v) is 17.4. The molecule has 29 heavy (non-hydrogen) atoms. The minimum atomic E-state index is -3.56. The molecule has 152 valence electrons. The molecule has 0 bridgehead atoms. The lowest BCUT2D eigenvalue weighted by molar-refractivity contribution is 0.582. The Morgan fingerprint density at radius 1 is 0.828 bits per heavy atom. The van der Waals surface area contributed by atoms with Gasteiger partial charge in [0.25, 0.3) is 0 Å². The number of aromatic nitrogens is 3. The molecule has 3 aromatic rings. The number of nitrogens with zero attached hydrogens (tertiary/aromatic N) is 3. The summed E-state index contributed by atoms with van der Waals surface area (Å²) in [7, 11) is -3.56. The van der Waals surface area contributed by atoms with Gasteiger partial charge in [0.15, 0.2) is 5.82 Å². The minimum absolute atomic E-state index is 0.227. The molecule has 0 aliphatic carbocycles. The lowest BCUT2D eigenvalue weighted by Gasteiger charge is -2.11. The van der Waals surface area contributed by atoms with Crippen LogP contribution in [-0.2, 0) is 10.0 Å². The monoisotopic (exact) mass is 412 g/mol. The second kappa shape index (κ2) is 8.97. The summed E-state index contributed by atoms with van der Waals surface area (Å²) < 4.78 is 27.6. The molecule has 0 radical (unpaired) electrons. The summed E-state index contributed by atoms with van der Waals surface area (Å²) in [6.07, 6.45) is 1.77. The lowest BCUT2D eigenvalue weighted by atomic mass is 10.2. The Balaban J connectivity index is 1.50. The Labute approximate surface area is 170 Å². The molecule has 3 rings (SSSR count). The van der Waals surface area contributed by atoms with Crippen molar-refractivity contribution in [3.8, 4) is 0 Å². The first-order chi connectivity index (χ1) is 13.8. The van der Waals surface area contributed by atoms with Gasteiger partial charge >= 0.3 is 0 Å². The molecule has 0 atom stereocenters. The Kier molecular flexibility index (Phi) is 6.40. The third kappa shape index (κ3) is 5.72. The van der Waals surface area contributed by atoms with Crippen molar-refractivity contribution in [3.63, 3.8) is 0 Å². The van der Waals surface area contributed by atoms with Crippen LogP contribution < -0.4 is 15.4 Å². The van der Waals surface area contributed by atoms with Gasteiger partial charge in [-0.05, 0) is 61.7 Å². The second-order valence-corrected chi connectivity index (χ2v) is 8.48. The number of rotatable bonds is 8. The maximum Gasteiger partial charge on any atom is 0.240 e. The molecular formula is C20H24N6O2S. The number of benzene rings is 1. The Hall–Kier alpha value is -3.04. The van der Waals surface area contributed by atoms with Crippen molar-refractivity contribution in [2.75, 3.05) is 23.7 Å². The van der Waals surface area contributed by atoms with E-state index in [0.29, 0.717) is 34.5 Å². The topological polar surface area (TPSA) is 109 Å². The molecule has 0 fully saturated rings. The van der Waals surface area contributed by atoms with Crippen molar-refractivity contribution in [2.24, 2.45) is 0 Å².